The summed E-state index contributed by atoms with van der Waals surface area (Å²) in [5.41, 5.74) is 2.96. The van der Waals surface area contributed by atoms with Gasteiger partial charge in [0.2, 0.25) is 0 Å². The molecule has 1 aliphatic rings. The third-order valence-electron chi connectivity index (χ3n) is 3.87. The summed E-state index contributed by atoms with van der Waals surface area (Å²) in [4.78, 5) is 2.51. The largest absolute Gasteiger partial charge is 0.366 e. The fourth-order valence-electron chi connectivity index (χ4n) is 2.57. The number of piperazine rings is 1. The number of nitrogens with zero attached hydrogens (tertiary/aromatic N) is 1. The van der Waals surface area contributed by atoms with E-state index in [2.05, 4.69) is 69.1 Å². The number of nitrogens with one attached hydrogen (secondary N) is 1. The highest BCUT2D eigenvalue weighted by Crippen LogP contribution is 2.25. The van der Waals surface area contributed by atoms with Crippen molar-refractivity contribution in [1.82, 2.24) is 5.32 Å². The van der Waals surface area contributed by atoms with Crippen molar-refractivity contribution in [2.45, 2.75) is 52.1 Å². The lowest BCUT2D eigenvalue weighted by molar-refractivity contribution is 0.318. The molecule has 1 saturated heterocycles. The number of hydrogen-bond donors (Lipinski definition) is 1. The maximum Gasteiger partial charge on any atom is 0.0387 e. The van der Waals surface area contributed by atoms with Crippen LogP contribution >= 0.6 is 0 Å². The van der Waals surface area contributed by atoms with Crippen LogP contribution in [0.1, 0.15) is 46.1 Å². The summed E-state index contributed by atoms with van der Waals surface area (Å²) in [6, 6.07) is 9.63. The third-order valence-corrected chi connectivity index (χ3v) is 3.87. The second-order valence-corrected chi connectivity index (χ2v) is 6.49. The molecule has 1 N–H and O–H groups in total. The second-order valence-electron chi connectivity index (χ2n) is 6.49. The Labute approximate surface area is 111 Å². The van der Waals surface area contributed by atoms with Gasteiger partial charge >= 0.3 is 0 Å². The fourth-order valence-corrected chi connectivity index (χ4v) is 2.57. The van der Waals surface area contributed by atoms with E-state index in [-0.39, 0.29) is 5.54 Å². The monoisotopic (exact) mass is 246 g/mol. The Hall–Kier alpha value is -1.02. The smallest absolute Gasteiger partial charge is 0.0387 e. The van der Waals surface area contributed by atoms with Crippen LogP contribution in [0, 0.1) is 0 Å². The van der Waals surface area contributed by atoms with Gasteiger partial charge in [-0.1, -0.05) is 26.0 Å². The quantitative estimate of drug-likeness (QED) is 0.860. The van der Waals surface area contributed by atoms with Gasteiger partial charge in [-0.05, 0) is 44.4 Å². The molecule has 0 saturated carbocycles. The number of anilines is 1. The zero-order valence-electron chi connectivity index (χ0n) is 12.3. The summed E-state index contributed by atoms with van der Waals surface area (Å²) in [5, 5.41) is 3.60. The van der Waals surface area contributed by atoms with Crippen molar-refractivity contribution in [2.24, 2.45) is 0 Å². The van der Waals surface area contributed by atoms with E-state index in [1.54, 1.807) is 0 Å². The van der Waals surface area contributed by atoms with E-state index >= 15 is 0 Å². The van der Waals surface area contributed by atoms with Crippen molar-refractivity contribution in [2.75, 3.05) is 18.0 Å². The first-order valence-corrected chi connectivity index (χ1v) is 7.01. The zero-order chi connectivity index (χ0) is 13.3. The van der Waals surface area contributed by atoms with Gasteiger partial charge in [0.25, 0.3) is 0 Å². The minimum absolute atomic E-state index is 0.198. The van der Waals surface area contributed by atoms with Crippen molar-refractivity contribution in [3.63, 3.8) is 0 Å². The van der Waals surface area contributed by atoms with E-state index in [0.717, 1.165) is 13.1 Å². The molecule has 100 valence electrons. The predicted octanol–water partition coefficient (Wildman–Crippen LogP) is 3.39. The lowest BCUT2D eigenvalue weighted by Crippen LogP contribution is -2.61. The molecule has 0 amide bonds. The maximum absolute atomic E-state index is 3.60. The summed E-state index contributed by atoms with van der Waals surface area (Å²) >= 11 is 0. The van der Waals surface area contributed by atoms with Gasteiger partial charge in [-0.3, -0.25) is 0 Å². The molecule has 0 spiro atoms. The zero-order valence-corrected chi connectivity index (χ0v) is 12.3. The van der Waals surface area contributed by atoms with E-state index in [1.807, 2.05) is 0 Å². The molecular weight excluding hydrogens is 220 g/mol. The van der Waals surface area contributed by atoms with Crippen molar-refractivity contribution in [3.8, 4) is 0 Å². The van der Waals surface area contributed by atoms with Crippen LogP contribution in [0.15, 0.2) is 24.3 Å². The molecule has 18 heavy (non-hydrogen) atoms. The third kappa shape index (κ3) is 2.86. The van der Waals surface area contributed by atoms with Crippen LogP contribution in [0.4, 0.5) is 5.69 Å². The minimum Gasteiger partial charge on any atom is -0.366 e. The van der Waals surface area contributed by atoms with E-state index in [0.29, 0.717) is 12.0 Å². The average molecular weight is 246 g/mol. The first-order chi connectivity index (χ1) is 8.39. The number of rotatable bonds is 2. The van der Waals surface area contributed by atoms with Gasteiger partial charge < -0.3 is 10.2 Å². The molecule has 2 heteroatoms. The van der Waals surface area contributed by atoms with Gasteiger partial charge in [0.15, 0.2) is 0 Å². The molecule has 1 fully saturated rings. The van der Waals surface area contributed by atoms with E-state index in [9.17, 15) is 0 Å². The van der Waals surface area contributed by atoms with Gasteiger partial charge in [0, 0.05) is 30.4 Å². The first kappa shape index (κ1) is 13.4. The molecule has 0 radical (unpaired) electrons. The summed E-state index contributed by atoms with van der Waals surface area (Å²) in [6.45, 7) is 13.4. The van der Waals surface area contributed by atoms with Crippen molar-refractivity contribution in [3.05, 3.63) is 29.8 Å². The van der Waals surface area contributed by atoms with Crippen LogP contribution in [-0.2, 0) is 0 Å². The lowest BCUT2D eigenvalue weighted by atomic mass is 9.97. The Morgan fingerprint density at radius 2 is 1.83 bits per heavy atom. The van der Waals surface area contributed by atoms with E-state index < -0.39 is 0 Å². The SMILES string of the molecule is CC(C)c1ccc(N2CC(C)(C)NCC2C)cc1. The molecule has 0 bridgehead atoms. The Kier molecular flexibility index (Phi) is 3.67. The molecule has 0 aliphatic carbocycles. The molecule has 2 nitrogen and oxygen atoms in total. The molecule has 1 aromatic rings. The van der Waals surface area contributed by atoms with Crippen LogP contribution in [0.5, 0.6) is 0 Å². The first-order valence-electron chi connectivity index (χ1n) is 7.01. The molecule has 1 aliphatic heterocycles. The van der Waals surface area contributed by atoms with E-state index in [1.165, 1.54) is 11.3 Å². The average Bonchev–Trinajstić information content (AvgIpc) is 2.32. The van der Waals surface area contributed by atoms with Gasteiger partial charge in [-0.15, -0.1) is 0 Å². The summed E-state index contributed by atoms with van der Waals surface area (Å²) < 4.78 is 0. The molecule has 1 atom stereocenters. The molecular formula is C16H26N2. The predicted molar refractivity (Wildman–Crippen MR) is 79.4 cm³/mol. The minimum atomic E-state index is 0.198. The summed E-state index contributed by atoms with van der Waals surface area (Å²) in [7, 11) is 0. The fraction of sp³-hybridized carbons (Fsp3) is 0.625. The van der Waals surface area contributed by atoms with E-state index in [4.69, 9.17) is 0 Å². The van der Waals surface area contributed by atoms with Gasteiger partial charge in [0.1, 0.15) is 0 Å². The molecule has 1 heterocycles. The van der Waals surface area contributed by atoms with Gasteiger partial charge in [0.05, 0.1) is 0 Å². The highest BCUT2D eigenvalue weighted by molar-refractivity contribution is 5.50. The topological polar surface area (TPSA) is 15.3 Å². The summed E-state index contributed by atoms with van der Waals surface area (Å²) in [5.74, 6) is 0.607. The van der Waals surface area contributed by atoms with Crippen molar-refractivity contribution < 1.29 is 0 Å². The van der Waals surface area contributed by atoms with Gasteiger partial charge in [-0.2, -0.15) is 0 Å². The standard InChI is InChI=1S/C16H26N2/c1-12(2)14-6-8-15(9-7-14)18-11-16(4,5)17-10-13(18)3/h6-9,12-13,17H,10-11H2,1-5H3. The molecule has 1 aromatic carbocycles. The van der Waals surface area contributed by atoms with Crippen molar-refractivity contribution >= 4 is 5.69 Å². The van der Waals surface area contributed by atoms with Crippen LogP contribution in [0.25, 0.3) is 0 Å². The number of benzene rings is 1. The number of hydrogen-bond acceptors (Lipinski definition) is 2. The van der Waals surface area contributed by atoms with Crippen LogP contribution in [-0.4, -0.2) is 24.7 Å². The Morgan fingerprint density at radius 3 is 2.39 bits per heavy atom. The van der Waals surface area contributed by atoms with Crippen LogP contribution in [0.2, 0.25) is 0 Å². The summed E-state index contributed by atoms with van der Waals surface area (Å²) in [6.07, 6.45) is 0. The highest BCUT2D eigenvalue weighted by atomic mass is 15.2. The van der Waals surface area contributed by atoms with Crippen molar-refractivity contribution in [1.29, 1.82) is 0 Å². The van der Waals surface area contributed by atoms with Crippen LogP contribution in [0.3, 0.4) is 0 Å². The normalized spacial score (nSPS) is 23.4. The highest BCUT2D eigenvalue weighted by Gasteiger charge is 2.30. The second kappa shape index (κ2) is 4.93. The van der Waals surface area contributed by atoms with Gasteiger partial charge in [-0.25, -0.2) is 0 Å². The molecule has 0 aromatic heterocycles. The maximum atomic E-state index is 3.60. The Morgan fingerprint density at radius 1 is 1.22 bits per heavy atom. The lowest BCUT2D eigenvalue weighted by Gasteiger charge is -2.44. The molecule has 2 rings (SSSR count). The van der Waals surface area contributed by atoms with Crippen LogP contribution < -0.4 is 10.2 Å². The Balaban J connectivity index is 2.19. The Bertz CT molecular complexity index is 392. The molecule has 1 unspecified atom stereocenters.